The Hall–Kier alpha value is -2.02. The molecule has 0 aromatic heterocycles. The van der Waals surface area contributed by atoms with Crippen molar-refractivity contribution in [3.05, 3.63) is 129 Å². The van der Waals surface area contributed by atoms with Crippen LogP contribution in [0.25, 0.3) is 21.5 Å². The van der Waals surface area contributed by atoms with Gasteiger partial charge < -0.3 is 13.8 Å². The first kappa shape index (κ1) is 33.0. The van der Waals surface area contributed by atoms with E-state index in [0.29, 0.717) is 0 Å². The molecule has 5 aromatic carbocycles. The summed E-state index contributed by atoms with van der Waals surface area (Å²) in [5.74, 6) is 0. The standard InChI is InChI=1S/2C9H7.C7H8Si.2C4H9.Zr/c2*1-2-5-9-7-3-6-8(9)4-1;1-8-7-5-3-2-4-6-7;2*1-3-4-2;/h2*1-7H;2-6H,1H3;2*1,3-4H2,2H3;/q2*-1;;2*-1;+4. The molecule has 0 saturated heterocycles. The predicted octanol–water partition coefficient (Wildman–Crippen LogP) is 9.42. The summed E-state index contributed by atoms with van der Waals surface area (Å²) in [5, 5.41) is 6.76. The average Bonchev–Trinajstić information content (AvgIpc) is 3.60. The third kappa shape index (κ3) is 14.9. The Morgan fingerprint density at radius 2 is 0.971 bits per heavy atom. The van der Waals surface area contributed by atoms with Gasteiger partial charge in [0.2, 0.25) is 0 Å². The van der Waals surface area contributed by atoms with Gasteiger partial charge in [0.25, 0.3) is 0 Å². The van der Waals surface area contributed by atoms with Crippen LogP contribution in [0.1, 0.15) is 39.5 Å². The molecule has 2 heteroatoms. The molecule has 35 heavy (non-hydrogen) atoms. The van der Waals surface area contributed by atoms with Crippen molar-refractivity contribution in [2.24, 2.45) is 0 Å². The van der Waals surface area contributed by atoms with Crippen molar-refractivity contribution in [3.63, 3.8) is 0 Å². The second-order valence-electron chi connectivity index (χ2n) is 7.63. The topological polar surface area (TPSA) is 0 Å². The Morgan fingerprint density at radius 1 is 0.600 bits per heavy atom. The molecular weight excluding hydrogens is 516 g/mol. The van der Waals surface area contributed by atoms with Crippen LogP contribution in [0.5, 0.6) is 0 Å². The Balaban J connectivity index is 0.000000428. The summed E-state index contributed by atoms with van der Waals surface area (Å²) in [4.78, 5) is 0. The van der Waals surface area contributed by atoms with Gasteiger partial charge in [-0.3, -0.25) is 0 Å². The van der Waals surface area contributed by atoms with Crippen LogP contribution >= 0.6 is 0 Å². The van der Waals surface area contributed by atoms with Crippen molar-refractivity contribution in [2.75, 3.05) is 0 Å². The Bertz CT molecular complexity index is 957. The number of hydrogen-bond acceptors (Lipinski definition) is 0. The molecule has 180 valence electrons. The predicted molar refractivity (Wildman–Crippen MR) is 157 cm³/mol. The van der Waals surface area contributed by atoms with Crippen molar-refractivity contribution in [2.45, 2.75) is 46.1 Å². The van der Waals surface area contributed by atoms with E-state index in [1.807, 2.05) is 6.07 Å². The number of rotatable bonds is 3. The fourth-order valence-electron chi connectivity index (χ4n) is 2.74. The summed E-state index contributed by atoms with van der Waals surface area (Å²) < 4.78 is 0. The minimum atomic E-state index is 0. The number of hydrogen-bond donors (Lipinski definition) is 0. The minimum Gasteiger partial charge on any atom is -0.343 e. The van der Waals surface area contributed by atoms with E-state index in [1.165, 1.54) is 39.6 Å². The minimum absolute atomic E-state index is 0. The zero-order valence-electron chi connectivity index (χ0n) is 21.7. The normalized spacial score (nSPS) is 9.06. The number of fused-ring (bicyclic) bond motifs is 2. The van der Waals surface area contributed by atoms with Crippen LogP contribution in [0.15, 0.2) is 115 Å². The van der Waals surface area contributed by atoms with Crippen LogP contribution in [0.3, 0.4) is 0 Å². The smallest absolute Gasteiger partial charge is 0.343 e. The van der Waals surface area contributed by atoms with Gasteiger partial charge in [-0.1, -0.05) is 80.9 Å². The van der Waals surface area contributed by atoms with Crippen molar-refractivity contribution < 1.29 is 26.2 Å². The Kier molecular flexibility index (Phi) is 21.1. The van der Waals surface area contributed by atoms with Gasteiger partial charge in [-0.15, -0.1) is 59.3 Å². The molecule has 0 aliphatic heterocycles. The molecule has 5 aromatic rings. The molecule has 0 fully saturated rings. The molecule has 0 bridgehead atoms. The summed E-state index contributed by atoms with van der Waals surface area (Å²) in [6.45, 7) is 13.6. The molecular formula is C33H40SiZr. The van der Waals surface area contributed by atoms with Crippen LogP contribution in [0.4, 0.5) is 0 Å². The average molecular weight is 556 g/mol. The number of unbranched alkanes of at least 4 members (excludes halogenated alkanes) is 2. The van der Waals surface area contributed by atoms with Crippen LogP contribution in [-0.2, 0) is 26.2 Å². The molecule has 5 rings (SSSR count). The Morgan fingerprint density at radius 3 is 1.29 bits per heavy atom. The van der Waals surface area contributed by atoms with E-state index in [2.05, 4.69) is 143 Å². The second kappa shape index (κ2) is 22.4. The van der Waals surface area contributed by atoms with Crippen molar-refractivity contribution >= 4 is 36.3 Å². The maximum Gasteiger partial charge on any atom is 4.00 e. The summed E-state index contributed by atoms with van der Waals surface area (Å²) >= 11 is 0. The summed E-state index contributed by atoms with van der Waals surface area (Å²) in [6, 6.07) is 39.8. The van der Waals surface area contributed by atoms with Crippen LogP contribution in [0.2, 0.25) is 6.55 Å². The zero-order valence-corrected chi connectivity index (χ0v) is 25.2. The van der Waals surface area contributed by atoms with Crippen molar-refractivity contribution in [3.8, 4) is 0 Å². The largest absolute Gasteiger partial charge is 4.00 e. The van der Waals surface area contributed by atoms with E-state index in [9.17, 15) is 0 Å². The molecule has 0 unspecified atom stereocenters. The van der Waals surface area contributed by atoms with Crippen molar-refractivity contribution in [1.29, 1.82) is 0 Å². The van der Waals surface area contributed by atoms with Crippen LogP contribution in [-0.4, -0.2) is 9.52 Å². The molecule has 2 radical (unpaired) electrons. The first-order chi connectivity index (χ1) is 16.7. The van der Waals surface area contributed by atoms with Crippen molar-refractivity contribution in [1.82, 2.24) is 0 Å². The fraction of sp³-hybridized carbons (Fsp3) is 0.212. The molecule has 0 atom stereocenters. The molecule has 0 heterocycles. The van der Waals surface area contributed by atoms with Gasteiger partial charge in [-0.05, 0) is 0 Å². The van der Waals surface area contributed by atoms with E-state index in [4.69, 9.17) is 0 Å². The molecule has 0 N–H and O–H groups in total. The van der Waals surface area contributed by atoms with Gasteiger partial charge in [0, 0.05) is 0 Å². The molecule has 0 aliphatic carbocycles. The molecule has 0 aliphatic rings. The Labute approximate surface area is 236 Å². The number of benzene rings is 3. The maximum atomic E-state index is 3.60. The quantitative estimate of drug-likeness (QED) is 0.154. The van der Waals surface area contributed by atoms with E-state index in [0.717, 1.165) is 22.4 Å². The molecule has 0 nitrogen and oxygen atoms in total. The summed E-state index contributed by atoms with van der Waals surface area (Å²) in [7, 11) is 0.930. The monoisotopic (exact) mass is 554 g/mol. The van der Waals surface area contributed by atoms with Crippen LogP contribution in [0, 0.1) is 13.8 Å². The fourth-order valence-corrected chi connectivity index (χ4v) is 3.27. The van der Waals surface area contributed by atoms with E-state index in [1.54, 1.807) is 0 Å². The SMILES string of the molecule is C[Si]c1ccccc1.[CH2-]CCC.[CH2-]CCC.[Zr+4].c1ccc2[cH-]ccc2c1.c1ccc2[cH-]ccc2c1. The summed E-state index contributed by atoms with van der Waals surface area (Å²) in [5.41, 5.74) is 0. The van der Waals surface area contributed by atoms with Gasteiger partial charge in [0.1, 0.15) is 0 Å². The van der Waals surface area contributed by atoms with E-state index >= 15 is 0 Å². The molecule has 0 saturated carbocycles. The van der Waals surface area contributed by atoms with E-state index < -0.39 is 0 Å². The second-order valence-corrected chi connectivity index (χ2v) is 8.71. The zero-order chi connectivity index (χ0) is 24.9. The van der Waals surface area contributed by atoms with Gasteiger partial charge in [-0.2, -0.15) is 47.9 Å². The molecule has 0 spiro atoms. The van der Waals surface area contributed by atoms with Gasteiger partial charge in [0.15, 0.2) is 0 Å². The first-order valence-corrected chi connectivity index (χ1v) is 13.7. The van der Waals surface area contributed by atoms with Crippen LogP contribution < -0.4 is 5.19 Å². The van der Waals surface area contributed by atoms with Gasteiger partial charge in [0.05, 0.1) is 9.52 Å². The third-order valence-corrected chi connectivity index (χ3v) is 5.78. The maximum absolute atomic E-state index is 3.60. The van der Waals surface area contributed by atoms with Gasteiger partial charge >= 0.3 is 26.2 Å². The van der Waals surface area contributed by atoms with E-state index in [-0.39, 0.29) is 26.2 Å². The first-order valence-electron chi connectivity index (χ1n) is 12.2. The summed E-state index contributed by atoms with van der Waals surface area (Å²) in [6.07, 6.45) is 4.56. The van der Waals surface area contributed by atoms with Gasteiger partial charge in [-0.25, -0.2) is 0 Å². The molecule has 0 amide bonds. The third-order valence-electron chi connectivity index (χ3n) is 4.86.